The maximum Gasteiger partial charge on any atom is 0.264 e. The van der Waals surface area contributed by atoms with Gasteiger partial charge < -0.3 is 4.74 Å². The number of nitrogens with one attached hydrogen (secondary N) is 1. The quantitative estimate of drug-likeness (QED) is 0.487. The van der Waals surface area contributed by atoms with E-state index in [0.717, 1.165) is 11.1 Å². The number of nitriles is 1. The zero-order chi connectivity index (χ0) is 21.8. The van der Waals surface area contributed by atoms with Gasteiger partial charge in [-0.15, -0.1) is 5.10 Å². The van der Waals surface area contributed by atoms with Crippen molar-refractivity contribution < 1.29 is 14.3 Å². The topological polar surface area (TPSA) is 109 Å². The molecule has 31 heavy (non-hydrogen) atoms. The van der Waals surface area contributed by atoms with Crippen LogP contribution in [0.25, 0.3) is 16.8 Å². The summed E-state index contributed by atoms with van der Waals surface area (Å²) in [5.74, 6) is 0.165. The smallest absolute Gasteiger partial charge is 0.264 e. The fourth-order valence-corrected chi connectivity index (χ4v) is 3.02. The number of hydrogen-bond donors (Lipinski definition) is 1. The highest BCUT2D eigenvalue weighted by Crippen LogP contribution is 2.23. The van der Waals surface area contributed by atoms with E-state index in [0.29, 0.717) is 22.5 Å². The Morgan fingerprint density at radius 3 is 2.61 bits per heavy atom. The largest absolute Gasteiger partial charge is 0.484 e. The van der Waals surface area contributed by atoms with Gasteiger partial charge in [0.2, 0.25) is 5.95 Å². The van der Waals surface area contributed by atoms with Gasteiger partial charge in [-0.1, -0.05) is 18.2 Å². The van der Waals surface area contributed by atoms with Crippen LogP contribution in [0, 0.1) is 11.3 Å². The van der Waals surface area contributed by atoms with E-state index in [2.05, 4.69) is 21.5 Å². The lowest BCUT2D eigenvalue weighted by Gasteiger charge is -2.05. The molecule has 0 saturated heterocycles. The molecule has 0 fully saturated rings. The number of fused-ring (bicyclic) bond motifs is 1. The van der Waals surface area contributed by atoms with E-state index in [1.165, 1.54) is 6.92 Å². The molecule has 0 spiro atoms. The van der Waals surface area contributed by atoms with Crippen LogP contribution in [-0.4, -0.2) is 32.9 Å². The SMILES string of the molecule is CC(=O)c1ccc(OCC(=O)Nc2nc3ccc(-c4ccccc4C#N)cn3n2)cc1. The Hall–Kier alpha value is -4.51. The van der Waals surface area contributed by atoms with Crippen LogP contribution in [0.15, 0.2) is 66.9 Å². The first-order valence-electron chi connectivity index (χ1n) is 9.43. The lowest BCUT2D eigenvalue weighted by atomic mass is 10.0. The Bertz CT molecular complexity index is 1320. The molecular formula is C23H17N5O3. The lowest BCUT2D eigenvalue weighted by molar-refractivity contribution is -0.118. The molecular weight excluding hydrogens is 394 g/mol. The molecule has 2 heterocycles. The summed E-state index contributed by atoms with van der Waals surface area (Å²) in [6.45, 7) is 1.26. The highest BCUT2D eigenvalue weighted by atomic mass is 16.5. The van der Waals surface area contributed by atoms with Crippen molar-refractivity contribution in [3.8, 4) is 22.9 Å². The van der Waals surface area contributed by atoms with Crippen LogP contribution < -0.4 is 10.1 Å². The molecule has 2 aromatic heterocycles. The highest BCUT2D eigenvalue weighted by molar-refractivity contribution is 5.94. The summed E-state index contributed by atoms with van der Waals surface area (Å²) < 4.78 is 6.98. The van der Waals surface area contributed by atoms with Crippen LogP contribution in [-0.2, 0) is 4.79 Å². The van der Waals surface area contributed by atoms with E-state index in [-0.39, 0.29) is 18.3 Å². The average Bonchev–Trinajstić information content (AvgIpc) is 3.19. The molecule has 0 aliphatic carbocycles. The van der Waals surface area contributed by atoms with E-state index < -0.39 is 5.91 Å². The van der Waals surface area contributed by atoms with Crippen molar-refractivity contribution in [2.24, 2.45) is 0 Å². The molecule has 152 valence electrons. The van der Waals surface area contributed by atoms with Gasteiger partial charge in [-0.05, 0) is 49.4 Å². The fourth-order valence-electron chi connectivity index (χ4n) is 3.02. The number of carbonyl (C=O) groups is 2. The first kappa shape index (κ1) is 19.8. The van der Waals surface area contributed by atoms with Crippen LogP contribution in [0.3, 0.4) is 0 Å². The summed E-state index contributed by atoms with van der Waals surface area (Å²) in [7, 11) is 0. The van der Waals surface area contributed by atoms with Crippen molar-refractivity contribution >= 4 is 23.3 Å². The minimum Gasteiger partial charge on any atom is -0.484 e. The van der Waals surface area contributed by atoms with Crippen molar-refractivity contribution in [3.63, 3.8) is 0 Å². The molecule has 0 unspecified atom stereocenters. The minimum absolute atomic E-state index is 0.0403. The molecule has 0 saturated carbocycles. The molecule has 2 aromatic carbocycles. The maximum atomic E-state index is 12.2. The number of hydrogen-bond acceptors (Lipinski definition) is 6. The minimum atomic E-state index is -0.415. The van der Waals surface area contributed by atoms with Gasteiger partial charge in [0.05, 0.1) is 11.6 Å². The van der Waals surface area contributed by atoms with Crippen molar-refractivity contribution in [1.29, 1.82) is 5.26 Å². The van der Waals surface area contributed by atoms with Crippen LogP contribution >= 0.6 is 0 Å². The fraction of sp³-hybridized carbons (Fsp3) is 0.0870. The third kappa shape index (κ3) is 4.41. The number of anilines is 1. The van der Waals surface area contributed by atoms with Crippen molar-refractivity contribution in [2.75, 3.05) is 11.9 Å². The molecule has 0 aliphatic rings. The van der Waals surface area contributed by atoms with Gasteiger partial charge in [-0.3, -0.25) is 14.9 Å². The summed E-state index contributed by atoms with van der Waals surface area (Å²) in [6.07, 6.45) is 1.75. The molecule has 8 heteroatoms. The van der Waals surface area contributed by atoms with Crippen molar-refractivity contribution in [1.82, 2.24) is 14.6 Å². The van der Waals surface area contributed by atoms with Gasteiger partial charge in [0.25, 0.3) is 5.91 Å². The Balaban J connectivity index is 1.44. The zero-order valence-electron chi connectivity index (χ0n) is 16.6. The number of aromatic nitrogens is 3. The summed E-state index contributed by atoms with van der Waals surface area (Å²) >= 11 is 0. The average molecular weight is 411 g/mol. The lowest BCUT2D eigenvalue weighted by Crippen LogP contribution is -2.20. The van der Waals surface area contributed by atoms with E-state index in [4.69, 9.17) is 4.74 Å². The molecule has 1 amide bonds. The first-order chi connectivity index (χ1) is 15.0. The molecule has 8 nitrogen and oxygen atoms in total. The Morgan fingerprint density at radius 1 is 1.10 bits per heavy atom. The number of amides is 1. The van der Waals surface area contributed by atoms with Gasteiger partial charge in [0, 0.05) is 22.9 Å². The van der Waals surface area contributed by atoms with Gasteiger partial charge in [0.15, 0.2) is 18.0 Å². The summed E-state index contributed by atoms with van der Waals surface area (Å²) in [5.41, 5.74) is 3.28. The van der Waals surface area contributed by atoms with Crippen LogP contribution in [0.5, 0.6) is 5.75 Å². The Morgan fingerprint density at radius 2 is 1.87 bits per heavy atom. The van der Waals surface area contributed by atoms with E-state index in [1.54, 1.807) is 47.1 Å². The van der Waals surface area contributed by atoms with Crippen molar-refractivity contribution in [2.45, 2.75) is 6.92 Å². The summed E-state index contributed by atoms with van der Waals surface area (Å²) in [5, 5.41) is 16.2. The summed E-state index contributed by atoms with van der Waals surface area (Å²) in [6, 6.07) is 19.6. The van der Waals surface area contributed by atoms with Crippen molar-refractivity contribution in [3.05, 3.63) is 78.0 Å². The number of benzene rings is 2. The number of rotatable bonds is 6. The molecule has 0 aliphatic heterocycles. The molecule has 0 radical (unpaired) electrons. The van der Waals surface area contributed by atoms with E-state index >= 15 is 0 Å². The second kappa shape index (κ2) is 8.47. The van der Waals surface area contributed by atoms with Gasteiger partial charge in [0.1, 0.15) is 5.75 Å². The zero-order valence-corrected chi connectivity index (χ0v) is 16.6. The highest BCUT2D eigenvalue weighted by Gasteiger charge is 2.11. The standard InChI is InChI=1S/C23H17N5O3/c1-15(29)16-6-9-19(10-7-16)31-14-22(30)26-23-25-21-11-8-18(13-28(21)27-23)20-5-3-2-4-17(20)12-24/h2-11,13H,14H2,1H3,(H,26,27,30). The Labute approximate surface area is 177 Å². The second-order valence-electron chi connectivity index (χ2n) is 6.73. The maximum absolute atomic E-state index is 12.2. The Kier molecular flexibility index (Phi) is 5.41. The third-order valence-electron chi connectivity index (χ3n) is 4.57. The molecule has 0 atom stereocenters. The number of pyridine rings is 1. The van der Waals surface area contributed by atoms with E-state index in [1.807, 2.05) is 24.3 Å². The number of ketones is 1. The molecule has 4 rings (SSSR count). The summed E-state index contributed by atoms with van der Waals surface area (Å²) in [4.78, 5) is 27.8. The number of carbonyl (C=O) groups excluding carboxylic acids is 2. The number of nitrogens with zero attached hydrogens (tertiary/aromatic N) is 4. The van der Waals surface area contributed by atoms with Crippen LogP contribution in [0.1, 0.15) is 22.8 Å². The predicted molar refractivity (Wildman–Crippen MR) is 114 cm³/mol. The van der Waals surface area contributed by atoms with Crippen LogP contribution in [0.4, 0.5) is 5.95 Å². The first-order valence-corrected chi connectivity index (χ1v) is 9.43. The monoisotopic (exact) mass is 411 g/mol. The number of Topliss-reactive ketones (excluding diaryl/α,β-unsaturated/α-hetero) is 1. The normalized spacial score (nSPS) is 10.5. The second-order valence-corrected chi connectivity index (χ2v) is 6.73. The van der Waals surface area contributed by atoms with E-state index in [9.17, 15) is 14.9 Å². The molecule has 0 bridgehead atoms. The van der Waals surface area contributed by atoms with Gasteiger partial charge >= 0.3 is 0 Å². The molecule has 4 aromatic rings. The number of ether oxygens (including phenoxy) is 1. The van der Waals surface area contributed by atoms with Gasteiger partial charge in [-0.25, -0.2) is 4.52 Å². The molecule has 1 N–H and O–H groups in total. The predicted octanol–water partition coefficient (Wildman–Crippen LogP) is 3.49. The van der Waals surface area contributed by atoms with Gasteiger partial charge in [-0.2, -0.15) is 10.2 Å². The third-order valence-corrected chi connectivity index (χ3v) is 4.57. The van der Waals surface area contributed by atoms with Crippen LogP contribution in [0.2, 0.25) is 0 Å².